The lowest BCUT2D eigenvalue weighted by molar-refractivity contribution is -0.384. The molecule has 92 valence electrons. The molecule has 0 unspecified atom stereocenters. The van der Waals surface area contributed by atoms with Gasteiger partial charge in [-0.3, -0.25) is 14.9 Å². The summed E-state index contributed by atoms with van der Waals surface area (Å²) in [6, 6.07) is 4.19. The van der Waals surface area contributed by atoms with Crippen molar-refractivity contribution in [2.75, 3.05) is 19.0 Å². The third kappa shape index (κ3) is 3.92. The highest BCUT2D eigenvalue weighted by Gasteiger charge is 2.13. The molecule has 6 nitrogen and oxygen atoms in total. The third-order valence-electron chi connectivity index (χ3n) is 2.03. The number of carbonyl (C=O) groups excluding carboxylic acids is 1. The van der Waals surface area contributed by atoms with Crippen molar-refractivity contribution in [1.29, 1.82) is 0 Å². The lowest BCUT2D eigenvalue weighted by Gasteiger charge is -2.06. The van der Waals surface area contributed by atoms with Crippen LogP contribution < -0.4 is 5.32 Å². The van der Waals surface area contributed by atoms with E-state index < -0.39 is 4.92 Å². The van der Waals surface area contributed by atoms with Gasteiger partial charge in [-0.2, -0.15) is 0 Å². The Kier molecular flexibility index (Phi) is 4.71. The van der Waals surface area contributed by atoms with E-state index in [1.54, 1.807) is 0 Å². The van der Waals surface area contributed by atoms with Crippen molar-refractivity contribution in [3.05, 3.63) is 33.3 Å². The second kappa shape index (κ2) is 6.05. The summed E-state index contributed by atoms with van der Waals surface area (Å²) in [6.45, 7) is 0.244. The van der Waals surface area contributed by atoms with Gasteiger partial charge in [-0.25, -0.2) is 0 Å². The minimum atomic E-state index is -0.517. The second-order valence-electron chi connectivity index (χ2n) is 3.17. The number of esters is 1. The second-order valence-corrected chi connectivity index (χ2v) is 3.61. The molecule has 0 aliphatic carbocycles. The zero-order valence-corrected chi connectivity index (χ0v) is 9.86. The average molecular weight is 259 g/mol. The number of nitrogens with zero attached hydrogens (tertiary/aromatic N) is 1. The highest BCUT2D eigenvalue weighted by molar-refractivity contribution is 6.31. The Labute approximate surface area is 103 Å². The Morgan fingerprint density at radius 3 is 2.88 bits per heavy atom. The fraction of sp³-hybridized carbons (Fsp3) is 0.300. The summed E-state index contributed by atoms with van der Waals surface area (Å²) >= 11 is 5.74. The number of hydrogen-bond acceptors (Lipinski definition) is 5. The number of hydrogen-bond donors (Lipinski definition) is 1. The molecule has 1 rings (SSSR count). The van der Waals surface area contributed by atoms with Gasteiger partial charge in [-0.15, -0.1) is 0 Å². The number of anilines is 1. The largest absolute Gasteiger partial charge is 0.469 e. The van der Waals surface area contributed by atoms with E-state index in [0.717, 1.165) is 0 Å². The van der Waals surface area contributed by atoms with Gasteiger partial charge >= 0.3 is 5.97 Å². The molecule has 0 spiro atoms. The van der Waals surface area contributed by atoms with Crippen LogP contribution in [0.4, 0.5) is 11.4 Å². The van der Waals surface area contributed by atoms with Crippen LogP contribution in [0.5, 0.6) is 0 Å². The number of benzene rings is 1. The maximum Gasteiger partial charge on any atom is 0.307 e. The van der Waals surface area contributed by atoms with Gasteiger partial charge in [0.1, 0.15) is 5.69 Å². The maximum absolute atomic E-state index is 10.9. The van der Waals surface area contributed by atoms with E-state index in [1.807, 2.05) is 0 Å². The van der Waals surface area contributed by atoms with E-state index in [1.165, 1.54) is 25.3 Å². The van der Waals surface area contributed by atoms with Gasteiger partial charge in [0.15, 0.2) is 0 Å². The van der Waals surface area contributed by atoms with Crippen LogP contribution in [0.1, 0.15) is 6.42 Å². The maximum atomic E-state index is 10.9. The predicted octanol–water partition coefficient (Wildman–Crippen LogP) is 2.22. The van der Waals surface area contributed by atoms with Crippen molar-refractivity contribution in [1.82, 2.24) is 0 Å². The highest BCUT2D eigenvalue weighted by atomic mass is 35.5. The number of nitrogens with one attached hydrogen (secondary N) is 1. The van der Waals surface area contributed by atoms with Crippen LogP contribution >= 0.6 is 11.6 Å². The minimum Gasteiger partial charge on any atom is -0.469 e. The molecule has 0 radical (unpaired) electrons. The summed E-state index contributed by atoms with van der Waals surface area (Å²) in [5, 5.41) is 13.9. The molecule has 0 aliphatic rings. The number of ether oxygens (including phenoxy) is 1. The van der Waals surface area contributed by atoms with Gasteiger partial charge in [0.05, 0.1) is 18.5 Å². The molecule has 0 aliphatic heterocycles. The van der Waals surface area contributed by atoms with Crippen LogP contribution in [0, 0.1) is 10.1 Å². The first-order valence-corrected chi connectivity index (χ1v) is 5.17. The number of nitro benzene ring substituents is 1. The van der Waals surface area contributed by atoms with E-state index in [9.17, 15) is 14.9 Å². The molecule has 0 amide bonds. The predicted molar refractivity (Wildman–Crippen MR) is 63.2 cm³/mol. The molecule has 0 saturated heterocycles. The van der Waals surface area contributed by atoms with Crippen LogP contribution in [0.25, 0.3) is 0 Å². The van der Waals surface area contributed by atoms with Crippen molar-refractivity contribution < 1.29 is 14.5 Å². The Balaban J connectivity index is 2.72. The molecular formula is C10H11ClN2O4. The number of methoxy groups -OCH3 is 1. The van der Waals surface area contributed by atoms with Crippen LogP contribution in [0.3, 0.4) is 0 Å². The first-order chi connectivity index (χ1) is 8.04. The number of nitro groups is 1. The van der Waals surface area contributed by atoms with Gasteiger partial charge in [0.2, 0.25) is 0 Å². The summed E-state index contributed by atoms with van der Waals surface area (Å²) < 4.78 is 4.45. The number of carbonyl (C=O) groups is 1. The first-order valence-electron chi connectivity index (χ1n) is 4.79. The molecule has 7 heteroatoms. The van der Waals surface area contributed by atoms with Crippen LogP contribution in [0.15, 0.2) is 18.2 Å². The number of halogens is 1. The smallest absolute Gasteiger partial charge is 0.307 e. The lowest BCUT2D eigenvalue weighted by atomic mass is 10.2. The number of rotatable bonds is 5. The zero-order valence-electron chi connectivity index (χ0n) is 9.10. The van der Waals surface area contributed by atoms with E-state index >= 15 is 0 Å². The monoisotopic (exact) mass is 258 g/mol. The summed E-state index contributed by atoms with van der Waals surface area (Å²) in [4.78, 5) is 21.1. The standard InChI is InChI=1S/C10H11ClN2O4/c1-17-10(14)4-5-12-8-6-7(11)2-3-9(8)13(15)16/h2-3,6,12H,4-5H2,1H3. The Bertz CT molecular complexity index is 436. The summed E-state index contributed by atoms with van der Waals surface area (Å²) in [5.41, 5.74) is 0.200. The third-order valence-corrected chi connectivity index (χ3v) is 2.26. The Hall–Kier alpha value is -1.82. The normalized spacial score (nSPS) is 9.76. The van der Waals surface area contributed by atoms with E-state index in [2.05, 4.69) is 10.1 Å². The van der Waals surface area contributed by atoms with Crippen molar-refractivity contribution in [3.63, 3.8) is 0 Å². The topological polar surface area (TPSA) is 81.5 Å². The summed E-state index contributed by atoms with van der Waals surface area (Å²) in [5.74, 6) is -0.387. The van der Waals surface area contributed by atoms with Gasteiger partial charge in [-0.1, -0.05) is 11.6 Å². The van der Waals surface area contributed by atoms with E-state index in [0.29, 0.717) is 5.02 Å². The molecule has 1 aromatic carbocycles. The molecule has 0 heterocycles. The first kappa shape index (κ1) is 13.2. The van der Waals surface area contributed by atoms with Crippen LogP contribution in [-0.2, 0) is 9.53 Å². The van der Waals surface area contributed by atoms with E-state index in [-0.39, 0.29) is 30.3 Å². The summed E-state index contributed by atoms with van der Waals surface area (Å²) in [6.07, 6.45) is 0.125. The van der Waals surface area contributed by atoms with E-state index in [4.69, 9.17) is 11.6 Å². The minimum absolute atomic E-state index is 0.0840. The van der Waals surface area contributed by atoms with Gasteiger partial charge in [0, 0.05) is 17.6 Å². The highest BCUT2D eigenvalue weighted by Crippen LogP contribution is 2.27. The lowest BCUT2D eigenvalue weighted by Crippen LogP contribution is -2.10. The van der Waals surface area contributed by atoms with Gasteiger partial charge < -0.3 is 10.1 Å². The Morgan fingerprint density at radius 1 is 1.59 bits per heavy atom. The molecule has 0 saturated carbocycles. The molecule has 0 aromatic heterocycles. The quantitative estimate of drug-likeness (QED) is 0.497. The zero-order chi connectivity index (χ0) is 12.8. The molecule has 1 aromatic rings. The van der Waals surface area contributed by atoms with Gasteiger partial charge in [0.25, 0.3) is 5.69 Å². The van der Waals surface area contributed by atoms with Crippen LogP contribution in [-0.4, -0.2) is 24.5 Å². The molecule has 0 atom stereocenters. The summed E-state index contributed by atoms with van der Waals surface area (Å²) in [7, 11) is 1.28. The van der Waals surface area contributed by atoms with Crippen LogP contribution in [0.2, 0.25) is 5.02 Å². The van der Waals surface area contributed by atoms with Gasteiger partial charge in [-0.05, 0) is 12.1 Å². The van der Waals surface area contributed by atoms with Crippen molar-refractivity contribution >= 4 is 28.9 Å². The fourth-order valence-corrected chi connectivity index (χ4v) is 1.38. The molecule has 0 fully saturated rings. The van der Waals surface area contributed by atoms with Crippen molar-refractivity contribution in [2.24, 2.45) is 0 Å². The molecule has 1 N–H and O–H groups in total. The van der Waals surface area contributed by atoms with Crippen molar-refractivity contribution in [2.45, 2.75) is 6.42 Å². The SMILES string of the molecule is COC(=O)CCNc1cc(Cl)ccc1[N+](=O)[O-]. The van der Waals surface area contributed by atoms with Crippen molar-refractivity contribution in [3.8, 4) is 0 Å². The average Bonchev–Trinajstić information content (AvgIpc) is 2.28. The fourth-order valence-electron chi connectivity index (χ4n) is 1.21. The molecule has 17 heavy (non-hydrogen) atoms. The molecular weight excluding hydrogens is 248 g/mol. The molecule has 0 bridgehead atoms. The Morgan fingerprint density at radius 2 is 2.29 bits per heavy atom.